The predicted octanol–water partition coefficient (Wildman–Crippen LogP) is 1.30. The van der Waals surface area contributed by atoms with Gasteiger partial charge in [0.05, 0.1) is 17.9 Å². The number of rotatable bonds is 2. The highest BCUT2D eigenvalue weighted by molar-refractivity contribution is 5.99. The molecular formula is C11H14F2N4O3. The Morgan fingerprint density at radius 3 is 2.60 bits per heavy atom. The number of amides is 2. The van der Waals surface area contributed by atoms with Gasteiger partial charge in [0, 0.05) is 20.0 Å². The van der Waals surface area contributed by atoms with Gasteiger partial charge in [-0.15, -0.1) is 0 Å². The minimum Gasteiger partial charge on any atom is -0.476 e. The summed E-state index contributed by atoms with van der Waals surface area (Å²) in [5.74, 6) is -4.19. The summed E-state index contributed by atoms with van der Waals surface area (Å²) >= 11 is 0. The molecule has 0 unspecified atom stereocenters. The normalized spacial score (nSPS) is 17.3. The van der Waals surface area contributed by atoms with Crippen LogP contribution in [-0.4, -0.2) is 50.8 Å². The van der Waals surface area contributed by atoms with Gasteiger partial charge in [-0.05, 0) is 6.92 Å². The number of carboxylic acids is 1. The van der Waals surface area contributed by atoms with E-state index in [9.17, 15) is 18.4 Å². The average Bonchev–Trinajstić information content (AvgIpc) is 2.83. The van der Waals surface area contributed by atoms with Crippen molar-refractivity contribution in [3.63, 3.8) is 0 Å². The first-order valence-electron chi connectivity index (χ1n) is 5.92. The first kappa shape index (κ1) is 14.2. The van der Waals surface area contributed by atoms with E-state index in [0.29, 0.717) is 5.69 Å². The van der Waals surface area contributed by atoms with Crippen LogP contribution in [0.3, 0.4) is 0 Å². The van der Waals surface area contributed by atoms with Gasteiger partial charge in [0.2, 0.25) is 0 Å². The van der Waals surface area contributed by atoms with Gasteiger partial charge in [0.1, 0.15) is 0 Å². The lowest BCUT2D eigenvalue weighted by atomic mass is 10.3. The molecule has 2 rings (SSSR count). The van der Waals surface area contributed by atoms with Gasteiger partial charge < -0.3 is 15.3 Å². The maximum Gasteiger partial charge on any atom is 0.358 e. The van der Waals surface area contributed by atoms with Crippen molar-refractivity contribution in [1.82, 2.24) is 14.7 Å². The highest BCUT2D eigenvalue weighted by Crippen LogP contribution is 2.28. The molecule has 1 aliphatic rings. The highest BCUT2D eigenvalue weighted by atomic mass is 19.3. The topological polar surface area (TPSA) is 87.5 Å². The van der Waals surface area contributed by atoms with E-state index in [1.54, 1.807) is 6.92 Å². The van der Waals surface area contributed by atoms with E-state index in [1.165, 1.54) is 11.7 Å². The third kappa shape index (κ3) is 2.56. The summed E-state index contributed by atoms with van der Waals surface area (Å²) in [6.07, 6.45) is -0.391. The molecule has 0 aromatic carbocycles. The van der Waals surface area contributed by atoms with Crippen molar-refractivity contribution in [1.29, 1.82) is 0 Å². The molecule has 7 nitrogen and oxygen atoms in total. The monoisotopic (exact) mass is 288 g/mol. The second kappa shape index (κ2) is 4.73. The van der Waals surface area contributed by atoms with Gasteiger partial charge in [0.15, 0.2) is 5.69 Å². The van der Waals surface area contributed by atoms with E-state index in [0.717, 1.165) is 4.90 Å². The second-order valence-corrected chi connectivity index (χ2v) is 4.70. The van der Waals surface area contributed by atoms with E-state index < -0.39 is 30.9 Å². The molecule has 1 saturated heterocycles. The summed E-state index contributed by atoms with van der Waals surface area (Å²) in [7, 11) is 1.53. The van der Waals surface area contributed by atoms with Gasteiger partial charge in [-0.3, -0.25) is 4.68 Å². The van der Waals surface area contributed by atoms with E-state index in [-0.39, 0.29) is 17.9 Å². The second-order valence-electron chi connectivity index (χ2n) is 4.70. The van der Waals surface area contributed by atoms with Crippen molar-refractivity contribution < 1.29 is 23.5 Å². The zero-order valence-electron chi connectivity index (χ0n) is 11.0. The van der Waals surface area contributed by atoms with Crippen LogP contribution in [0, 0.1) is 6.92 Å². The number of likely N-dealkylation sites (tertiary alicyclic amines) is 1. The number of nitrogens with zero attached hydrogens (tertiary/aromatic N) is 3. The number of nitrogens with one attached hydrogen (secondary N) is 1. The number of hydrogen-bond donors (Lipinski definition) is 2. The number of carbonyl (C=O) groups excluding carboxylic acids is 1. The van der Waals surface area contributed by atoms with Crippen LogP contribution in [-0.2, 0) is 7.05 Å². The Hall–Kier alpha value is -2.19. The molecule has 1 fully saturated rings. The smallest absolute Gasteiger partial charge is 0.358 e. The molecule has 2 amide bonds. The summed E-state index contributed by atoms with van der Waals surface area (Å²) in [4.78, 5) is 23.9. The quantitative estimate of drug-likeness (QED) is 0.858. The van der Waals surface area contributed by atoms with Crippen LogP contribution in [0.5, 0.6) is 0 Å². The number of carboxylic acid groups (broad SMARTS) is 1. The largest absolute Gasteiger partial charge is 0.476 e. The molecule has 1 aliphatic heterocycles. The first-order chi connectivity index (χ1) is 9.21. The molecule has 0 saturated carbocycles. The lowest BCUT2D eigenvalue weighted by Gasteiger charge is -2.17. The summed E-state index contributed by atoms with van der Waals surface area (Å²) < 4.78 is 27.4. The standard InChI is InChI=1S/C11H14F2N4O3/c1-6-7(8(9(18)19)15-16(6)2)14-10(20)17-4-3-11(12,13)5-17/h3-5H2,1-2H3,(H,14,20)(H,18,19). The average molecular weight is 288 g/mol. The number of aryl methyl sites for hydroxylation is 1. The number of aromatic carboxylic acids is 1. The van der Waals surface area contributed by atoms with Crippen LogP contribution < -0.4 is 5.32 Å². The zero-order valence-corrected chi connectivity index (χ0v) is 11.0. The lowest BCUT2D eigenvalue weighted by molar-refractivity contribution is 0.0158. The van der Waals surface area contributed by atoms with Crippen LogP contribution in [0.4, 0.5) is 19.3 Å². The Morgan fingerprint density at radius 2 is 2.10 bits per heavy atom. The van der Waals surface area contributed by atoms with Crippen LogP contribution >= 0.6 is 0 Å². The number of urea groups is 1. The molecule has 1 aromatic rings. The zero-order chi connectivity index (χ0) is 15.1. The molecule has 9 heteroatoms. The number of hydrogen-bond acceptors (Lipinski definition) is 3. The molecule has 2 N–H and O–H groups in total. The fourth-order valence-corrected chi connectivity index (χ4v) is 2.00. The molecule has 0 spiro atoms. The van der Waals surface area contributed by atoms with Crippen molar-refractivity contribution in [2.24, 2.45) is 7.05 Å². The number of alkyl halides is 2. The number of anilines is 1. The van der Waals surface area contributed by atoms with E-state index >= 15 is 0 Å². The van der Waals surface area contributed by atoms with Gasteiger partial charge in [-0.1, -0.05) is 0 Å². The Bertz CT molecular complexity index is 570. The summed E-state index contributed by atoms with van der Waals surface area (Å²) in [6, 6.07) is -0.749. The Labute approximate surface area is 113 Å². The molecule has 0 aliphatic carbocycles. The summed E-state index contributed by atoms with van der Waals surface area (Å²) in [5, 5.41) is 15.1. The van der Waals surface area contributed by atoms with Crippen LogP contribution in [0.1, 0.15) is 22.6 Å². The van der Waals surface area contributed by atoms with Crippen molar-refractivity contribution in [2.75, 3.05) is 18.4 Å². The van der Waals surface area contributed by atoms with Crippen molar-refractivity contribution in [3.8, 4) is 0 Å². The minimum absolute atomic E-state index is 0.0280. The fourth-order valence-electron chi connectivity index (χ4n) is 2.00. The summed E-state index contributed by atoms with van der Waals surface area (Å²) in [5.41, 5.74) is 0.145. The number of halogens is 2. The van der Waals surface area contributed by atoms with Crippen molar-refractivity contribution in [3.05, 3.63) is 11.4 Å². The molecule has 1 aromatic heterocycles. The third-order valence-electron chi connectivity index (χ3n) is 3.23. The third-order valence-corrected chi connectivity index (χ3v) is 3.23. The first-order valence-corrected chi connectivity index (χ1v) is 5.92. The Morgan fingerprint density at radius 1 is 1.45 bits per heavy atom. The van der Waals surface area contributed by atoms with E-state index in [4.69, 9.17) is 5.11 Å². The number of carbonyl (C=O) groups is 2. The maximum atomic E-state index is 13.1. The van der Waals surface area contributed by atoms with Gasteiger partial charge in [0.25, 0.3) is 5.92 Å². The summed E-state index contributed by atoms with van der Waals surface area (Å²) in [6.45, 7) is 0.842. The van der Waals surface area contributed by atoms with E-state index in [1.807, 2.05) is 0 Å². The Balaban J connectivity index is 2.18. The van der Waals surface area contributed by atoms with Crippen molar-refractivity contribution in [2.45, 2.75) is 19.3 Å². The maximum absolute atomic E-state index is 13.1. The lowest BCUT2D eigenvalue weighted by Crippen LogP contribution is -2.35. The fraction of sp³-hybridized carbons (Fsp3) is 0.545. The molecule has 20 heavy (non-hydrogen) atoms. The molecule has 0 radical (unpaired) electrons. The van der Waals surface area contributed by atoms with Gasteiger partial charge >= 0.3 is 12.0 Å². The van der Waals surface area contributed by atoms with E-state index in [2.05, 4.69) is 10.4 Å². The highest BCUT2D eigenvalue weighted by Gasteiger charge is 2.40. The SMILES string of the molecule is Cc1c(NC(=O)N2CCC(F)(F)C2)c(C(=O)O)nn1C. The minimum atomic E-state index is -2.89. The molecule has 0 atom stereocenters. The molecule has 0 bridgehead atoms. The molecule has 110 valence electrons. The van der Waals surface area contributed by atoms with Crippen LogP contribution in [0.2, 0.25) is 0 Å². The van der Waals surface area contributed by atoms with Crippen LogP contribution in [0.15, 0.2) is 0 Å². The predicted molar refractivity (Wildman–Crippen MR) is 65.1 cm³/mol. The molecular weight excluding hydrogens is 274 g/mol. The van der Waals surface area contributed by atoms with Gasteiger partial charge in [-0.25, -0.2) is 18.4 Å². The number of aromatic nitrogens is 2. The molecule has 2 heterocycles. The van der Waals surface area contributed by atoms with Crippen molar-refractivity contribution >= 4 is 17.7 Å². The van der Waals surface area contributed by atoms with Crippen LogP contribution in [0.25, 0.3) is 0 Å². The Kier molecular flexibility index (Phi) is 3.36. The van der Waals surface area contributed by atoms with Gasteiger partial charge in [-0.2, -0.15) is 5.10 Å².